The van der Waals surface area contributed by atoms with E-state index in [4.69, 9.17) is 4.74 Å². The van der Waals surface area contributed by atoms with Gasteiger partial charge in [-0.2, -0.15) is 0 Å². The number of esters is 1. The molecule has 0 N–H and O–H groups in total. The molecule has 2 nitrogen and oxygen atoms in total. The van der Waals surface area contributed by atoms with E-state index in [2.05, 4.69) is 38.7 Å². The second kappa shape index (κ2) is 5.82. The van der Waals surface area contributed by atoms with Gasteiger partial charge in [0, 0.05) is 8.07 Å². The highest BCUT2D eigenvalue weighted by Crippen LogP contribution is 2.43. The second-order valence-corrected chi connectivity index (χ2v) is 13.3. The van der Waals surface area contributed by atoms with E-state index in [9.17, 15) is 4.79 Å². The Morgan fingerprint density at radius 2 is 2.05 bits per heavy atom. The van der Waals surface area contributed by atoms with E-state index < -0.39 is 8.07 Å². The SMILES string of the molecule is CC(CC[Si](C)(C)C)COC(=O)C1CC2C=CC1C2. The summed E-state index contributed by atoms with van der Waals surface area (Å²) < 4.78 is 5.55. The molecule has 2 bridgehead atoms. The lowest BCUT2D eigenvalue weighted by molar-refractivity contribution is -0.150. The number of hydrogen-bond donors (Lipinski definition) is 0. The summed E-state index contributed by atoms with van der Waals surface area (Å²) in [5.41, 5.74) is 0. The van der Waals surface area contributed by atoms with Gasteiger partial charge in [0.15, 0.2) is 0 Å². The summed E-state index contributed by atoms with van der Waals surface area (Å²) in [6.07, 6.45) is 7.87. The molecule has 0 aromatic rings. The van der Waals surface area contributed by atoms with Gasteiger partial charge < -0.3 is 4.74 Å². The first-order valence-electron chi connectivity index (χ1n) is 7.70. The average molecular weight is 280 g/mol. The molecule has 0 spiro atoms. The van der Waals surface area contributed by atoms with Crippen LogP contribution in [0, 0.1) is 23.7 Å². The van der Waals surface area contributed by atoms with Gasteiger partial charge in [-0.3, -0.25) is 4.79 Å². The van der Waals surface area contributed by atoms with Gasteiger partial charge in [-0.15, -0.1) is 0 Å². The van der Waals surface area contributed by atoms with Crippen LogP contribution >= 0.6 is 0 Å². The van der Waals surface area contributed by atoms with E-state index in [1.807, 2.05) is 0 Å². The van der Waals surface area contributed by atoms with Crippen molar-refractivity contribution in [2.75, 3.05) is 6.61 Å². The van der Waals surface area contributed by atoms with Gasteiger partial charge in [0.05, 0.1) is 12.5 Å². The van der Waals surface area contributed by atoms with Crippen LogP contribution in [0.5, 0.6) is 0 Å². The van der Waals surface area contributed by atoms with Crippen molar-refractivity contribution in [2.45, 2.75) is 51.9 Å². The quantitative estimate of drug-likeness (QED) is 0.416. The van der Waals surface area contributed by atoms with E-state index >= 15 is 0 Å². The molecule has 2 rings (SSSR count). The second-order valence-electron chi connectivity index (χ2n) is 7.72. The zero-order chi connectivity index (χ0) is 14.0. The predicted octanol–water partition coefficient (Wildman–Crippen LogP) is 4.11. The molecule has 0 heterocycles. The van der Waals surface area contributed by atoms with Crippen LogP contribution in [-0.4, -0.2) is 20.7 Å². The van der Waals surface area contributed by atoms with Crippen molar-refractivity contribution in [1.29, 1.82) is 0 Å². The Morgan fingerprint density at radius 3 is 2.58 bits per heavy atom. The van der Waals surface area contributed by atoms with Gasteiger partial charge in [-0.05, 0) is 37.0 Å². The lowest BCUT2D eigenvalue weighted by atomic mass is 9.94. The first-order valence-corrected chi connectivity index (χ1v) is 11.4. The molecule has 19 heavy (non-hydrogen) atoms. The summed E-state index contributed by atoms with van der Waals surface area (Å²) in [7, 11) is -0.962. The van der Waals surface area contributed by atoms with Gasteiger partial charge in [0.1, 0.15) is 0 Å². The Hall–Kier alpha value is -0.573. The molecule has 0 aromatic heterocycles. The average Bonchev–Trinajstić information content (AvgIpc) is 2.94. The summed E-state index contributed by atoms with van der Waals surface area (Å²) in [6, 6.07) is 1.32. The van der Waals surface area contributed by atoms with Crippen molar-refractivity contribution >= 4 is 14.0 Å². The van der Waals surface area contributed by atoms with Gasteiger partial charge in [-0.1, -0.05) is 44.8 Å². The highest BCUT2D eigenvalue weighted by Gasteiger charge is 2.40. The standard InChI is InChI=1S/C16H28O2Si/c1-12(7-8-19(2,3)4)11-18-16(17)15-10-13-5-6-14(15)9-13/h5-6,12-15H,7-11H2,1-4H3. The maximum atomic E-state index is 12.1. The summed E-state index contributed by atoms with van der Waals surface area (Å²) in [4.78, 5) is 12.1. The van der Waals surface area contributed by atoms with Gasteiger partial charge in [0.2, 0.25) is 0 Å². The van der Waals surface area contributed by atoms with Crippen molar-refractivity contribution in [3.63, 3.8) is 0 Å². The fraction of sp³-hybridized carbons (Fsp3) is 0.812. The predicted molar refractivity (Wildman–Crippen MR) is 81.7 cm³/mol. The van der Waals surface area contributed by atoms with E-state index in [0.29, 0.717) is 24.4 Å². The highest BCUT2D eigenvalue weighted by molar-refractivity contribution is 6.76. The van der Waals surface area contributed by atoms with Crippen molar-refractivity contribution in [2.24, 2.45) is 23.7 Å². The van der Waals surface area contributed by atoms with Gasteiger partial charge in [0.25, 0.3) is 0 Å². The molecule has 2 aliphatic carbocycles. The van der Waals surface area contributed by atoms with E-state index in [0.717, 1.165) is 6.42 Å². The molecule has 1 saturated carbocycles. The minimum atomic E-state index is -0.962. The lowest BCUT2D eigenvalue weighted by Crippen LogP contribution is -2.25. The molecule has 0 aliphatic heterocycles. The van der Waals surface area contributed by atoms with Crippen molar-refractivity contribution in [1.82, 2.24) is 0 Å². The maximum absolute atomic E-state index is 12.1. The van der Waals surface area contributed by atoms with Gasteiger partial charge >= 0.3 is 5.97 Å². The minimum Gasteiger partial charge on any atom is -0.465 e. The molecule has 2 aliphatic rings. The number of allylic oxidation sites excluding steroid dienone is 2. The van der Waals surface area contributed by atoms with Crippen LogP contribution in [-0.2, 0) is 9.53 Å². The molecular formula is C16H28O2Si. The number of rotatable bonds is 6. The monoisotopic (exact) mass is 280 g/mol. The third kappa shape index (κ3) is 4.20. The van der Waals surface area contributed by atoms with Gasteiger partial charge in [-0.25, -0.2) is 0 Å². The van der Waals surface area contributed by atoms with E-state index in [1.165, 1.54) is 18.9 Å². The minimum absolute atomic E-state index is 0.0525. The lowest BCUT2D eigenvalue weighted by Gasteiger charge is -2.21. The topological polar surface area (TPSA) is 26.3 Å². The number of hydrogen-bond acceptors (Lipinski definition) is 2. The molecule has 1 fully saturated rings. The first kappa shape index (κ1) is 14.8. The molecule has 4 unspecified atom stereocenters. The molecular weight excluding hydrogens is 252 g/mol. The highest BCUT2D eigenvalue weighted by atomic mass is 28.3. The Labute approximate surface area is 118 Å². The third-order valence-corrected chi connectivity index (χ3v) is 6.27. The Bertz CT molecular complexity index is 356. The van der Waals surface area contributed by atoms with Crippen LogP contribution in [0.25, 0.3) is 0 Å². The molecule has 4 atom stereocenters. The van der Waals surface area contributed by atoms with Crippen molar-refractivity contribution < 1.29 is 9.53 Å². The van der Waals surface area contributed by atoms with Crippen LogP contribution in [0.15, 0.2) is 12.2 Å². The van der Waals surface area contributed by atoms with Crippen LogP contribution in [0.3, 0.4) is 0 Å². The molecule has 0 aromatic carbocycles. The molecule has 0 amide bonds. The summed E-state index contributed by atoms with van der Waals surface area (Å²) in [5, 5.41) is 0. The van der Waals surface area contributed by atoms with E-state index in [1.54, 1.807) is 0 Å². The molecule has 0 radical (unpaired) electrons. The van der Waals surface area contributed by atoms with E-state index in [-0.39, 0.29) is 11.9 Å². The fourth-order valence-electron chi connectivity index (χ4n) is 3.15. The molecule has 108 valence electrons. The number of ether oxygens (including phenoxy) is 1. The number of carbonyl (C=O) groups is 1. The van der Waals surface area contributed by atoms with Crippen LogP contribution in [0.2, 0.25) is 25.7 Å². The Balaban J connectivity index is 1.68. The third-order valence-electron chi connectivity index (χ3n) is 4.48. The summed E-state index contributed by atoms with van der Waals surface area (Å²) in [6.45, 7) is 10.0. The zero-order valence-electron chi connectivity index (χ0n) is 12.8. The molecule has 0 saturated heterocycles. The molecule has 3 heteroatoms. The maximum Gasteiger partial charge on any atom is 0.309 e. The van der Waals surface area contributed by atoms with Crippen molar-refractivity contribution in [3.05, 3.63) is 12.2 Å². The number of fused-ring (bicyclic) bond motifs is 2. The Kier molecular flexibility index (Phi) is 4.54. The van der Waals surface area contributed by atoms with Crippen LogP contribution < -0.4 is 0 Å². The summed E-state index contributed by atoms with van der Waals surface area (Å²) >= 11 is 0. The normalized spacial score (nSPS) is 30.6. The zero-order valence-corrected chi connectivity index (χ0v) is 13.8. The first-order chi connectivity index (χ1) is 8.85. The van der Waals surface area contributed by atoms with Crippen LogP contribution in [0.1, 0.15) is 26.2 Å². The largest absolute Gasteiger partial charge is 0.465 e. The van der Waals surface area contributed by atoms with Crippen molar-refractivity contribution in [3.8, 4) is 0 Å². The smallest absolute Gasteiger partial charge is 0.309 e. The Morgan fingerprint density at radius 1 is 1.32 bits per heavy atom. The van der Waals surface area contributed by atoms with Crippen LogP contribution in [0.4, 0.5) is 0 Å². The fourth-order valence-corrected chi connectivity index (χ4v) is 4.50. The number of carbonyl (C=O) groups excluding carboxylic acids is 1. The summed E-state index contributed by atoms with van der Waals surface area (Å²) in [5.74, 6) is 1.82.